The molecule has 2 amide bonds. The lowest BCUT2D eigenvalue weighted by molar-refractivity contribution is -0.120. The third-order valence-corrected chi connectivity index (χ3v) is 2.32. The van der Waals surface area contributed by atoms with Crippen molar-refractivity contribution in [2.75, 3.05) is 12.4 Å². The summed E-state index contributed by atoms with van der Waals surface area (Å²) in [5, 5.41) is 5.24. The molecule has 1 atom stereocenters. The van der Waals surface area contributed by atoms with Crippen LogP contribution in [0.5, 0.6) is 0 Å². The van der Waals surface area contributed by atoms with Crippen molar-refractivity contribution in [3.8, 4) is 0 Å². The normalized spacial score (nSPS) is 11.7. The van der Waals surface area contributed by atoms with Crippen molar-refractivity contribution in [1.29, 1.82) is 0 Å². The first-order valence-electron chi connectivity index (χ1n) is 5.39. The van der Waals surface area contributed by atoms with Crippen LogP contribution in [0.2, 0.25) is 0 Å². The van der Waals surface area contributed by atoms with E-state index in [9.17, 15) is 9.59 Å². The largest absolute Gasteiger partial charge is 0.359 e. The molecule has 0 saturated heterocycles. The number of rotatable bonds is 4. The van der Waals surface area contributed by atoms with E-state index in [-0.39, 0.29) is 18.2 Å². The Morgan fingerprint density at radius 1 is 1.35 bits per heavy atom. The average molecular weight is 235 g/mol. The molecule has 5 heteroatoms. The van der Waals surface area contributed by atoms with Crippen molar-refractivity contribution in [2.24, 2.45) is 5.73 Å². The summed E-state index contributed by atoms with van der Waals surface area (Å²) in [5.41, 5.74) is 6.86. The first-order chi connectivity index (χ1) is 8.04. The van der Waals surface area contributed by atoms with E-state index in [1.807, 2.05) is 6.07 Å². The van der Waals surface area contributed by atoms with Crippen molar-refractivity contribution in [2.45, 2.75) is 19.4 Å². The molecule has 0 radical (unpaired) electrons. The highest BCUT2D eigenvalue weighted by Gasteiger charge is 2.11. The number of hydrogen-bond donors (Lipinski definition) is 3. The molecule has 0 fully saturated rings. The number of nitrogens with two attached hydrogens (primary N) is 1. The Morgan fingerprint density at radius 2 is 2.00 bits per heavy atom. The average Bonchev–Trinajstić information content (AvgIpc) is 2.31. The van der Waals surface area contributed by atoms with Gasteiger partial charge >= 0.3 is 0 Å². The number of benzene rings is 1. The first-order valence-corrected chi connectivity index (χ1v) is 5.39. The van der Waals surface area contributed by atoms with Crippen LogP contribution in [-0.2, 0) is 16.0 Å². The highest BCUT2D eigenvalue weighted by atomic mass is 16.2. The summed E-state index contributed by atoms with van der Waals surface area (Å²) in [6.07, 6.45) is 0.228. The van der Waals surface area contributed by atoms with Crippen molar-refractivity contribution >= 4 is 17.5 Å². The highest BCUT2D eigenvalue weighted by Crippen LogP contribution is 2.15. The van der Waals surface area contributed by atoms with E-state index in [0.29, 0.717) is 5.69 Å². The van der Waals surface area contributed by atoms with Crippen molar-refractivity contribution in [1.82, 2.24) is 5.32 Å². The van der Waals surface area contributed by atoms with Crippen LogP contribution in [0, 0.1) is 0 Å². The third kappa shape index (κ3) is 3.88. The fourth-order valence-corrected chi connectivity index (χ4v) is 1.30. The molecule has 5 nitrogen and oxygen atoms in total. The van der Waals surface area contributed by atoms with E-state index in [0.717, 1.165) is 5.56 Å². The molecule has 1 aromatic rings. The van der Waals surface area contributed by atoms with Crippen LogP contribution < -0.4 is 16.4 Å². The van der Waals surface area contributed by atoms with Gasteiger partial charge in [0, 0.05) is 12.7 Å². The molecule has 0 aliphatic rings. The van der Waals surface area contributed by atoms with Crippen LogP contribution in [-0.4, -0.2) is 24.9 Å². The predicted octanol–water partition coefficient (Wildman–Crippen LogP) is 0.261. The van der Waals surface area contributed by atoms with Crippen LogP contribution in [0.1, 0.15) is 12.5 Å². The Bertz CT molecular complexity index is 416. The standard InChI is InChI=1S/C12H17N3O2/c1-8(13)12(17)15-10-6-4-3-5-9(10)7-11(16)14-2/h3-6,8H,7,13H2,1-2H3,(H,14,16)(H,15,17)/t8-/m1/s1. The van der Waals surface area contributed by atoms with E-state index in [1.54, 1.807) is 32.2 Å². The number of likely N-dealkylation sites (N-methyl/N-ethyl adjacent to an activating group) is 1. The lowest BCUT2D eigenvalue weighted by Gasteiger charge is -2.12. The molecule has 1 aromatic carbocycles. The van der Waals surface area contributed by atoms with E-state index in [4.69, 9.17) is 5.73 Å². The number of carbonyl (C=O) groups excluding carboxylic acids is 2. The number of anilines is 1. The Labute approximate surface area is 100 Å². The van der Waals surface area contributed by atoms with Gasteiger partial charge in [-0.15, -0.1) is 0 Å². The second kappa shape index (κ2) is 6.00. The monoisotopic (exact) mass is 235 g/mol. The third-order valence-electron chi connectivity index (χ3n) is 2.32. The summed E-state index contributed by atoms with van der Waals surface area (Å²) in [6, 6.07) is 6.58. The molecule has 4 N–H and O–H groups in total. The SMILES string of the molecule is CNC(=O)Cc1ccccc1NC(=O)[C@@H](C)N. The molecule has 1 rings (SSSR count). The number of hydrogen-bond acceptors (Lipinski definition) is 3. The highest BCUT2D eigenvalue weighted by molar-refractivity contribution is 5.95. The zero-order chi connectivity index (χ0) is 12.8. The van der Waals surface area contributed by atoms with Crippen LogP contribution >= 0.6 is 0 Å². The second-order valence-corrected chi connectivity index (χ2v) is 3.79. The maximum Gasteiger partial charge on any atom is 0.241 e. The number of amides is 2. The van der Waals surface area contributed by atoms with E-state index < -0.39 is 6.04 Å². The predicted molar refractivity (Wildman–Crippen MR) is 66.5 cm³/mol. The second-order valence-electron chi connectivity index (χ2n) is 3.79. The minimum atomic E-state index is -0.581. The fourth-order valence-electron chi connectivity index (χ4n) is 1.30. The number of nitrogens with one attached hydrogen (secondary N) is 2. The number of para-hydroxylation sites is 1. The topological polar surface area (TPSA) is 84.2 Å². The summed E-state index contributed by atoms with van der Waals surface area (Å²) < 4.78 is 0. The molecule has 0 saturated carbocycles. The molecule has 0 bridgehead atoms. The van der Waals surface area contributed by atoms with Crippen LogP contribution in [0.15, 0.2) is 24.3 Å². The molecule has 0 aromatic heterocycles. The smallest absolute Gasteiger partial charge is 0.241 e. The maximum atomic E-state index is 11.5. The number of carbonyl (C=O) groups is 2. The van der Waals surface area contributed by atoms with Gasteiger partial charge in [0.2, 0.25) is 11.8 Å². The summed E-state index contributed by atoms with van der Waals surface area (Å²) >= 11 is 0. The van der Waals surface area contributed by atoms with Crippen LogP contribution in [0.4, 0.5) is 5.69 Å². The van der Waals surface area contributed by atoms with Crippen LogP contribution in [0.25, 0.3) is 0 Å². The van der Waals surface area contributed by atoms with Gasteiger partial charge in [0.15, 0.2) is 0 Å². The van der Waals surface area contributed by atoms with E-state index in [1.165, 1.54) is 0 Å². The Hall–Kier alpha value is -1.88. The van der Waals surface area contributed by atoms with Crippen molar-refractivity contribution in [3.63, 3.8) is 0 Å². The van der Waals surface area contributed by atoms with Gasteiger partial charge in [-0.05, 0) is 18.6 Å². The summed E-state index contributed by atoms with van der Waals surface area (Å²) in [4.78, 5) is 22.8. The molecular formula is C12H17N3O2. The first kappa shape index (κ1) is 13.2. The van der Waals surface area contributed by atoms with Crippen LogP contribution in [0.3, 0.4) is 0 Å². The fraction of sp³-hybridized carbons (Fsp3) is 0.333. The van der Waals surface area contributed by atoms with Crippen molar-refractivity contribution in [3.05, 3.63) is 29.8 Å². The molecule has 92 valence electrons. The summed E-state index contributed by atoms with van der Waals surface area (Å²) in [5.74, 6) is -0.373. The lowest BCUT2D eigenvalue weighted by Crippen LogP contribution is -2.33. The Balaban J connectivity index is 2.84. The van der Waals surface area contributed by atoms with Gasteiger partial charge in [-0.2, -0.15) is 0 Å². The zero-order valence-corrected chi connectivity index (χ0v) is 9.99. The van der Waals surface area contributed by atoms with Gasteiger partial charge in [0.1, 0.15) is 0 Å². The maximum absolute atomic E-state index is 11.5. The molecule has 17 heavy (non-hydrogen) atoms. The lowest BCUT2D eigenvalue weighted by atomic mass is 10.1. The minimum Gasteiger partial charge on any atom is -0.359 e. The quantitative estimate of drug-likeness (QED) is 0.700. The van der Waals surface area contributed by atoms with Gasteiger partial charge in [-0.3, -0.25) is 9.59 Å². The molecule has 0 aliphatic carbocycles. The molecule has 0 spiro atoms. The molecule has 0 aliphatic heterocycles. The zero-order valence-electron chi connectivity index (χ0n) is 9.99. The van der Waals surface area contributed by atoms with Gasteiger partial charge in [-0.25, -0.2) is 0 Å². The van der Waals surface area contributed by atoms with Gasteiger partial charge < -0.3 is 16.4 Å². The molecule has 0 unspecified atom stereocenters. The van der Waals surface area contributed by atoms with Crippen molar-refractivity contribution < 1.29 is 9.59 Å². The van der Waals surface area contributed by atoms with Gasteiger partial charge in [-0.1, -0.05) is 18.2 Å². The Morgan fingerprint density at radius 3 is 2.59 bits per heavy atom. The van der Waals surface area contributed by atoms with Gasteiger partial charge in [0.25, 0.3) is 0 Å². The van der Waals surface area contributed by atoms with E-state index in [2.05, 4.69) is 10.6 Å². The molecular weight excluding hydrogens is 218 g/mol. The van der Waals surface area contributed by atoms with Gasteiger partial charge in [0.05, 0.1) is 12.5 Å². The van der Waals surface area contributed by atoms with E-state index >= 15 is 0 Å². The minimum absolute atomic E-state index is 0.104. The Kier molecular flexibility index (Phi) is 4.66. The molecule has 0 heterocycles. The summed E-state index contributed by atoms with van der Waals surface area (Å²) in [6.45, 7) is 1.61. The summed E-state index contributed by atoms with van der Waals surface area (Å²) in [7, 11) is 1.57.